The summed E-state index contributed by atoms with van der Waals surface area (Å²) in [5.41, 5.74) is 3.91. The van der Waals surface area contributed by atoms with Gasteiger partial charge in [-0.25, -0.2) is 4.39 Å². The standard InChI is InChI=1S/C20H17FN4O/c1-11-13-7-8-20(11,10-18-22-12(2)26-25-18)19-15(13)9-17(23-24-19)14-5-3-4-6-16(14)21/h3-6,9,13H,1,7-8,10H2,2H3/t13-,20-/m0/s1. The molecule has 5 rings (SSSR count). The van der Waals surface area contributed by atoms with Gasteiger partial charge in [-0.2, -0.15) is 15.2 Å². The fourth-order valence-corrected chi connectivity index (χ4v) is 4.49. The van der Waals surface area contributed by atoms with Crippen molar-refractivity contribution in [1.29, 1.82) is 0 Å². The highest BCUT2D eigenvalue weighted by Gasteiger charge is 2.54. The summed E-state index contributed by atoms with van der Waals surface area (Å²) in [6.45, 7) is 6.14. The topological polar surface area (TPSA) is 64.7 Å². The minimum Gasteiger partial charge on any atom is -0.340 e. The smallest absolute Gasteiger partial charge is 0.223 e. The van der Waals surface area contributed by atoms with Crippen molar-refractivity contribution in [2.75, 3.05) is 0 Å². The lowest BCUT2D eigenvalue weighted by molar-refractivity contribution is 0.379. The Morgan fingerprint density at radius 3 is 2.92 bits per heavy atom. The highest BCUT2D eigenvalue weighted by Crippen LogP contribution is 2.60. The van der Waals surface area contributed by atoms with Gasteiger partial charge in [0.1, 0.15) is 5.82 Å². The molecule has 2 atom stereocenters. The number of rotatable bonds is 3. The molecule has 2 aromatic heterocycles. The summed E-state index contributed by atoms with van der Waals surface area (Å²) in [4.78, 5) is 4.35. The quantitative estimate of drug-likeness (QED) is 0.672. The second-order valence-corrected chi connectivity index (χ2v) is 7.12. The van der Waals surface area contributed by atoms with Crippen molar-refractivity contribution in [1.82, 2.24) is 20.3 Å². The monoisotopic (exact) mass is 348 g/mol. The number of hydrogen-bond acceptors (Lipinski definition) is 5. The van der Waals surface area contributed by atoms with Crippen LogP contribution in [0, 0.1) is 12.7 Å². The van der Waals surface area contributed by atoms with E-state index < -0.39 is 0 Å². The molecule has 6 heteroatoms. The van der Waals surface area contributed by atoms with Gasteiger partial charge < -0.3 is 4.52 Å². The Hall–Kier alpha value is -2.89. The summed E-state index contributed by atoms with van der Waals surface area (Å²) >= 11 is 0. The fourth-order valence-electron chi connectivity index (χ4n) is 4.49. The number of halogens is 1. The van der Waals surface area contributed by atoms with Crippen LogP contribution in [0.3, 0.4) is 0 Å². The molecule has 1 saturated carbocycles. The second kappa shape index (κ2) is 5.30. The molecular formula is C20H17FN4O. The van der Waals surface area contributed by atoms with E-state index >= 15 is 0 Å². The summed E-state index contributed by atoms with van der Waals surface area (Å²) in [5, 5.41) is 12.9. The van der Waals surface area contributed by atoms with E-state index in [0.717, 1.165) is 29.7 Å². The first-order valence-corrected chi connectivity index (χ1v) is 8.70. The van der Waals surface area contributed by atoms with Crippen molar-refractivity contribution in [3.8, 4) is 11.3 Å². The van der Waals surface area contributed by atoms with Crippen LogP contribution in [-0.4, -0.2) is 20.3 Å². The Morgan fingerprint density at radius 2 is 2.15 bits per heavy atom. The summed E-state index contributed by atoms with van der Waals surface area (Å²) in [6.07, 6.45) is 2.57. The lowest BCUT2D eigenvalue weighted by Crippen LogP contribution is -2.28. The van der Waals surface area contributed by atoms with Crippen molar-refractivity contribution in [2.45, 2.75) is 37.5 Å². The number of allylic oxidation sites excluding steroid dienone is 1. The number of hydrogen-bond donors (Lipinski definition) is 0. The van der Waals surface area contributed by atoms with E-state index in [4.69, 9.17) is 4.52 Å². The van der Waals surface area contributed by atoms with Gasteiger partial charge in [-0.3, -0.25) is 0 Å². The van der Waals surface area contributed by atoms with E-state index in [-0.39, 0.29) is 17.2 Å². The van der Waals surface area contributed by atoms with Crippen LogP contribution in [0.1, 0.15) is 41.7 Å². The van der Waals surface area contributed by atoms with Gasteiger partial charge in [-0.1, -0.05) is 29.4 Å². The Labute approximate surface area is 150 Å². The molecule has 0 saturated heterocycles. The molecule has 0 amide bonds. The van der Waals surface area contributed by atoms with E-state index in [1.165, 1.54) is 6.07 Å². The van der Waals surface area contributed by atoms with Crippen molar-refractivity contribution >= 4 is 0 Å². The highest BCUT2D eigenvalue weighted by molar-refractivity contribution is 5.64. The normalized spacial score (nSPS) is 23.5. The zero-order chi connectivity index (χ0) is 17.9. The van der Waals surface area contributed by atoms with Gasteiger partial charge in [0.05, 0.1) is 11.4 Å². The molecule has 0 unspecified atom stereocenters. The molecule has 0 spiro atoms. The van der Waals surface area contributed by atoms with Crippen LogP contribution in [0.25, 0.3) is 11.3 Å². The molecule has 3 aromatic rings. The number of aryl methyl sites for hydroxylation is 1. The third-order valence-corrected chi connectivity index (χ3v) is 5.73. The first-order chi connectivity index (χ1) is 12.6. The van der Waals surface area contributed by atoms with Gasteiger partial charge in [0.25, 0.3) is 0 Å². The molecule has 130 valence electrons. The van der Waals surface area contributed by atoms with Gasteiger partial charge >= 0.3 is 0 Å². The fraction of sp³-hybridized carbons (Fsp3) is 0.300. The van der Waals surface area contributed by atoms with Gasteiger partial charge in [-0.05, 0) is 36.6 Å². The van der Waals surface area contributed by atoms with E-state index in [1.807, 2.05) is 6.07 Å². The Bertz CT molecular complexity index is 1040. The van der Waals surface area contributed by atoms with E-state index in [1.54, 1.807) is 25.1 Å². The summed E-state index contributed by atoms with van der Waals surface area (Å²) in [7, 11) is 0. The van der Waals surface area contributed by atoms with Gasteiger partial charge in [0.15, 0.2) is 5.82 Å². The van der Waals surface area contributed by atoms with Crippen molar-refractivity contribution in [3.05, 3.63) is 71.3 Å². The third kappa shape index (κ3) is 2.01. The van der Waals surface area contributed by atoms with Crippen molar-refractivity contribution in [2.24, 2.45) is 0 Å². The van der Waals surface area contributed by atoms with Crippen LogP contribution >= 0.6 is 0 Å². The van der Waals surface area contributed by atoms with E-state index in [2.05, 4.69) is 26.9 Å². The molecule has 2 aliphatic rings. The summed E-state index contributed by atoms with van der Waals surface area (Å²) < 4.78 is 19.3. The molecule has 1 aromatic carbocycles. The Kier molecular flexibility index (Phi) is 3.13. The zero-order valence-corrected chi connectivity index (χ0v) is 14.4. The lowest BCUT2D eigenvalue weighted by atomic mass is 9.78. The molecule has 0 N–H and O–H groups in total. The number of fused-ring (bicyclic) bond motifs is 5. The first-order valence-electron chi connectivity index (χ1n) is 8.70. The molecule has 26 heavy (non-hydrogen) atoms. The van der Waals surface area contributed by atoms with Crippen molar-refractivity contribution < 1.29 is 8.91 Å². The summed E-state index contributed by atoms with van der Waals surface area (Å²) in [5.74, 6) is 1.16. The molecule has 5 nitrogen and oxygen atoms in total. The molecule has 0 radical (unpaired) electrons. The number of aromatic nitrogens is 4. The third-order valence-electron chi connectivity index (χ3n) is 5.73. The maximum absolute atomic E-state index is 14.1. The van der Waals surface area contributed by atoms with Gasteiger partial charge in [-0.15, -0.1) is 0 Å². The van der Waals surface area contributed by atoms with E-state index in [0.29, 0.717) is 29.4 Å². The van der Waals surface area contributed by atoms with Crippen LogP contribution in [0.15, 0.2) is 47.0 Å². The van der Waals surface area contributed by atoms with Crippen LogP contribution in [0.4, 0.5) is 4.39 Å². The molecule has 2 aliphatic carbocycles. The largest absolute Gasteiger partial charge is 0.340 e. The molecule has 0 aliphatic heterocycles. The first kappa shape index (κ1) is 15.4. The Morgan fingerprint density at radius 1 is 1.31 bits per heavy atom. The zero-order valence-electron chi connectivity index (χ0n) is 14.4. The average molecular weight is 348 g/mol. The minimum absolute atomic E-state index is 0.235. The van der Waals surface area contributed by atoms with Gasteiger partial charge in [0, 0.05) is 30.2 Å². The maximum Gasteiger partial charge on any atom is 0.223 e. The van der Waals surface area contributed by atoms with Crippen LogP contribution in [0.2, 0.25) is 0 Å². The predicted molar refractivity (Wildman–Crippen MR) is 93.0 cm³/mol. The SMILES string of the molecule is C=C1[C@@H]2CC[C@@]1(Cc1noc(C)n1)c1nnc(-c3ccccc3F)cc12. The highest BCUT2D eigenvalue weighted by atomic mass is 19.1. The van der Waals surface area contributed by atoms with Crippen molar-refractivity contribution in [3.63, 3.8) is 0 Å². The van der Waals surface area contributed by atoms with Crippen LogP contribution < -0.4 is 0 Å². The predicted octanol–water partition coefficient (Wildman–Crippen LogP) is 3.90. The number of nitrogens with zero attached hydrogens (tertiary/aromatic N) is 4. The average Bonchev–Trinajstić information content (AvgIpc) is 3.26. The van der Waals surface area contributed by atoms with Gasteiger partial charge in [0.2, 0.25) is 5.89 Å². The number of benzene rings is 1. The van der Waals surface area contributed by atoms with Crippen LogP contribution in [-0.2, 0) is 11.8 Å². The van der Waals surface area contributed by atoms with E-state index in [9.17, 15) is 4.39 Å². The Balaban J connectivity index is 1.60. The lowest BCUT2D eigenvalue weighted by Gasteiger charge is -2.26. The molecule has 2 bridgehead atoms. The molecule has 1 fully saturated rings. The molecular weight excluding hydrogens is 331 g/mol. The molecule has 2 heterocycles. The van der Waals surface area contributed by atoms with Crippen LogP contribution in [0.5, 0.6) is 0 Å². The summed E-state index contributed by atoms with van der Waals surface area (Å²) in [6, 6.07) is 8.61. The second-order valence-electron chi connectivity index (χ2n) is 7.12. The maximum atomic E-state index is 14.1. The minimum atomic E-state index is -0.295.